The van der Waals surface area contributed by atoms with Gasteiger partial charge < -0.3 is 15.4 Å². The largest absolute Gasteiger partial charge is 0.450 e. The zero-order valence-electron chi connectivity index (χ0n) is 13.9. The van der Waals surface area contributed by atoms with Crippen molar-refractivity contribution in [3.8, 4) is 0 Å². The van der Waals surface area contributed by atoms with Crippen LogP contribution >= 0.6 is 0 Å². The highest BCUT2D eigenvalue weighted by Crippen LogP contribution is 2.26. The molecule has 3 N–H and O–H groups in total. The van der Waals surface area contributed by atoms with Gasteiger partial charge in [-0.15, -0.1) is 0 Å². The van der Waals surface area contributed by atoms with Gasteiger partial charge in [-0.2, -0.15) is 0 Å². The van der Waals surface area contributed by atoms with Crippen molar-refractivity contribution < 1.29 is 14.3 Å². The molecule has 0 spiro atoms. The van der Waals surface area contributed by atoms with Gasteiger partial charge in [-0.3, -0.25) is 5.32 Å². The van der Waals surface area contributed by atoms with Gasteiger partial charge >= 0.3 is 12.1 Å². The molecule has 1 aromatic carbocycles. The first-order chi connectivity index (χ1) is 11.0. The van der Waals surface area contributed by atoms with Crippen LogP contribution in [-0.2, 0) is 4.74 Å². The van der Waals surface area contributed by atoms with Gasteiger partial charge in [0.2, 0.25) is 0 Å². The van der Waals surface area contributed by atoms with Crippen LogP contribution in [0.2, 0.25) is 0 Å². The summed E-state index contributed by atoms with van der Waals surface area (Å²) in [5.41, 5.74) is 2.08. The molecule has 6 nitrogen and oxygen atoms in total. The minimum absolute atomic E-state index is 0.208. The number of benzene rings is 1. The summed E-state index contributed by atoms with van der Waals surface area (Å²) in [7, 11) is 0. The number of anilines is 2. The molecule has 0 unspecified atom stereocenters. The molecule has 0 bridgehead atoms. The van der Waals surface area contributed by atoms with Gasteiger partial charge in [0.25, 0.3) is 0 Å². The predicted molar refractivity (Wildman–Crippen MR) is 90.8 cm³/mol. The van der Waals surface area contributed by atoms with E-state index in [0.29, 0.717) is 23.9 Å². The summed E-state index contributed by atoms with van der Waals surface area (Å²) in [5, 5.41) is 8.56. The number of hydrogen-bond donors (Lipinski definition) is 3. The Labute approximate surface area is 137 Å². The van der Waals surface area contributed by atoms with Crippen LogP contribution in [0.3, 0.4) is 0 Å². The third-order valence-corrected chi connectivity index (χ3v) is 4.27. The van der Waals surface area contributed by atoms with Gasteiger partial charge in [-0.1, -0.05) is 19.4 Å². The Morgan fingerprint density at radius 2 is 1.91 bits per heavy atom. The van der Waals surface area contributed by atoms with E-state index in [1.54, 1.807) is 19.1 Å². The molecule has 0 aliphatic heterocycles. The molecule has 23 heavy (non-hydrogen) atoms. The molecule has 126 valence electrons. The van der Waals surface area contributed by atoms with Gasteiger partial charge in [-0.05, 0) is 50.3 Å². The SMILES string of the molecule is CCOC(=O)Nc1cccc(NC(=O)N[C@H]2CCC[C@@H]2C)c1C. The molecule has 1 aliphatic rings. The highest BCUT2D eigenvalue weighted by atomic mass is 16.5. The lowest BCUT2D eigenvalue weighted by atomic mass is 10.1. The van der Waals surface area contributed by atoms with E-state index in [-0.39, 0.29) is 12.1 Å². The molecule has 2 atom stereocenters. The number of hydrogen-bond acceptors (Lipinski definition) is 3. The van der Waals surface area contributed by atoms with E-state index in [4.69, 9.17) is 4.74 Å². The summed E-state index contributed by atoms with van der Waals surface area (Å²) in [6.07, 6.45) is 2.84. The number of nitrogens with one attached hydrogen (secondary N) is 3. The van der Waals surface area contributed by atoms with Gasteiger partial charge in [0, 0.05) is 17.4 Å². The van der Waals surface area contributed by atoms with Crippen molar-refractivity contribution >= 4 is 23.5 Å². The number of ether oxygens (including phenoxy) is 1. The normalized spacial score (nSPS) is 20.0. The first-order valence-electron chi connectivity index (χ1n) is 8.12. The Balaban J connectivity index is 1.99. The quantitative estimate of drug-likeness (QED) is 0.788. The standard InChI is InChI=1S/C17H25N3O3/c1-4-23-17(22)20-15-10-6-9-14(12(15)3)19-16(21)18-13-8-5-7-11(13)2/h6,9-11,13H,4-5,7-8H2,1-3H3,(H,20,22)(H2,18,19,21)/t11-,13-/m0/s1. The summed E-state index contributed by atoms with van der Waals surface area (Å²) < 4.78 is 4.87. The highest BCUT2D eigenvalue weighted by Gasteiger charge is 2.24. The van der Waals surface area contributed by atoms with Crippen molar-refractivity contribution in [2.24, 2.45) is 5.92 Å². The van der Waals surface area contributed by atoms with Crippen LogP contribution in [0.5, 0.6) is 0 Å². The fraction of sp³-hybridized carbons (Fsp3) is 0.529. The molecule has 0 aromatic heterocycles. The van der Waals surface area contributed by atoms with Crippen molar-refractivity contribution in [3.63, 3.8) is 0 Å². The molecule has 1 saturated carbocycles. The lowest BCUT2D eigenvalue weighted by molar-refractivity contribution is 0.168. The monoisotopic (exact) mass is 319 g/mol. The lowest BCUT2D eigenvalue weighted by Crippen LogP contribution is -2.39. The lowest BCUT2D eigenvalue weighted by Gasteiger charge is -2.19. The predicted octanol–water partition coefficient (Wildman–Crippen LogP) is 3.87. The Bertz CT molecular complexity index is 574. The molecule has 1 aliphatic carbocycles. The number of carbonyl (C=O) groups is 2. The van der Waals surface area contributed by atoms with Gasteiger partial charge in [0.15, 0.2) is 0 Å². The molecule has 0 heterocycles. The second-order valence-electron chi connectivity index (χ2n) is 5.94. The van der Waals surface area contributed by atoms with Crippen molar-refractivity contribution in [1.29, 1.82) is 0 Å². The fourth-order valence-electron chi connectivity index (χ4n) is 2.87. The van der Waals surface area contributed by atoms with Crippen molar-refractivity contribution in [2.45, 2.75) is 46.1 Å². The maximum absolute atomic E-state index is 12.2. The van der Waals surface area contributed by atoms with E-state index < -0.39 is 6.09 Å². The smallest absolute Gasteiger partial charge is 0.411 e. The summed E-state index contributed by atoms with van der Waals surface area (Å²) >= 11 is 0. The zero-order chi connectivity index (χ0) is 16.8. The summed E-state index contributed by atoms with van der Waals surface area (Å²) in [4.78, 5) is 23.7. The maximum atomic E-state index is 12.2. The topological polar surface area (TPSA) is 79.5 Å². The van der Waals surface area contributed by atoms with E-state index in [9.17, 15) is 9.59 Å². The van der Waals surface area contributed by atoms with E-state index in [1.165, 1.54) is 0 Å². The highest BCUT2D eigenvalue weighted by molar-refractivity contribution is 5.93. The minimum Gasteiger partial charge on any atom is -0.450 e. The molecule has 1 fully saturated rings. The van der Waals surface area contributed by atoms with E-state index >= 15 is 0 Å². The van der Waals surface area contributed by atoms with E-state index in [1.807, 2.05) is 13.0 Å². The Kier molecular flexibility index (Phi) is 5.84. The Hall–Kier alpha value is -2.24. The third kappa shape index (κ3) is 4.61. The molecule has 6 heteroatoms. The number of urea groups is 1. The van der Waals surface area contributed by atoms with Gasteiger partial charge in [0.05, 0.1) is 6.61 Å². The van der Waals surface area contributed by atoms with Crippen molar-refractivity contribution in [1.82, 2.24) is 5.32 Å². The van der Waals surface area contributed by atoms with Crippen LogP contribution in [-0.4, -0.2) is 24.8 Å². The average Bonchev–Trinajstić information content (AvgIpc) is 2.89. The van der Waals surface area contributed by atoms with Crippen LogP contribution in [0, 0.1) is 12.8 Å². The van der Waals surface area contributed by atoms with Crippen LogP contribution in [0.25, 0.3) is 0 Å². The second kappa shape index (κ2) is 7.85. The van der Waals surface area contributed by atoms with Crippen molar-refractivity contribution in [3.05, 3.63) is 23.8 Å². The third-order valence-electron chi connectivity index (χ3n) is 4.27. The summed E-state index contributed by atoms with van der Waals surface area (Å²) in [6, 6.07) is 5.39. The number of rotatable bonds is 4. The average molecular weight is 319 g/mol. The number of amides is 3. The van der Waals surface area contributed by atoms with Crippen LogP contribution in [0.4, 0.5) is 21.0 Å². The zero-order valence-corrected chi connectivity index (χ0v) is 13.9. The van der Waals surface area contributed by atoms with Gasteiger partial charge in [-0.25, -0.2) is 9.59 Å². The van der Waals surface area contributed by atoms with Crippen molar-refractivity contribution in [2.75, 3.05) is 17.2 Å². The molecule has 0 saturated heterocycles. The maximum Gasteiger partial charge on any atom is 0.411 e. The van der Waals surface area contributed by atoms with E-state index in [0.717, 1.165) is 24.8 Å². The number of carbonyl (C=O) groups excluding carboxylic acids is 2. The van der Waals surface area contributed by atoms with Gasteiger partial charge in [0.1, 0.15) is 0 Å². The molecule has 0 radical (unpaired) electrons. The first-order valence-corrected chi connectivity index (χ1v) is 8.12. The molecular formula is C17H25N3O3. The summed E-state index contributed by atoms with van der Waals surface area (Å²) in [5.74, 6) is 0.513. The van der Waals surface area contributed by atoms with Crippen LogP contribution < -0.4 is 16.0 Å². The Morgan fingerprint density at radius 1 is 1.22 bits per heavy atom. The molecule has 1 aromatic rings. The molecule has 2 rings (SSSR count). The summed E-state index contributed by atoms with van der Waals surface area (Å²) in [6.45, 7) is 6.06. The minimum atomic E-state index is -0.503. The molecular weight excluding hydrogens is 294 g/mol. The Morgan fingerprint density at radius 3 is 2.52 bits per heavy atom. The second-order valence-corrected chi connectivity index (χ2v) is 5.94. The molecule has 3 amide bonds. The van der Waals surface area contributed by atoms with Crippen LogP contribution in [0.15, 0.2) is 18.2 Å². The van der Waals surface area contributed by atoms with Crippen LogP contribution in [0.1, 0.15) is 38.7 Å². The van der Waals surface area contributed by atoms with E-state index in [2.05, 4.69) is 22.9 Å². The first kappa shape index (κ1) is 17.1. The fourth-order valence-corrected chi connectivity index (χ4v) is 2.87.